The summed E-state index contributed by atoms with van der Waals surface area (Å²) in [5.74, 6) is 0. The van der Waals surface area contributed by atoms with E-state index in [2.05, 4.69) is 241 Å². The van der Waals surface area contributed by atoms with Crippen LogP contribution in [0.1, 0.15) is 0 Å². The number of nitrogens with zero attached hydrogens (tertiary/aromatic N) is 1. The standard InChI is InChI=1S/C60H39NS2/c1-3-17-40(18-4-1)46-23-7-8-26-52(46)58-47(41-19-5-2-6-20-41)27-16-32-55(58)61(44-37-35-42(36-38-44)48-28-14-30-53-50-24-9-11-33-56(50)62-59(48)53)45-22-13-21-43(39-45)49-29-15-31-54-51-25-10-12-34-57(51)63-60(49)54/h1-39H. The van der Waals surface area contributed by atoms with Crippen LogP contribution in [-0.4, -0.2) is 0 Å². The fourth-order valence-corrected chi connectivity index (χ4v) is 11.9. The number of anilines is 3. The lowest BCUT2D eigenvalue weighted by molar-refractivity contribution is 1.28. The molecule has 0 aliphatic heterocycles. The van der Waals surface area contributed by atoms with Crippen molar-refractivity contribution in [1.29, 1.82) is 0 Å². The summed E-state index contributed by atoms with van der Waals surface area (Å²) in [7, 11) is 0. The van der Waals surface area contributed by atoms with Crippen molar-refractivity contribution < 1.29 is 0 Å². The van der Waals surface area contributed by atoms with Crippen molar-refractivity contribution in [3.63, 3.8) is 0 Å². The molecule has 0 amide bonds. The Morgan fingerprint density at radius 2 is 0.714 bits per heavy atom. The third-order valence-electron chi connectivity index (χ3n) is 12.3. The second-order valence-electron chi connectivity index (χ2n) is 16.0. The van der Waals surface area contributed by atoms with Crippen LogP contribution in [0.25, 0.3) is 96.0 Å². The van der Waals surface area contributed by atoms with Crippen molar-refractivity contribution in [3.8, 4) is 55.6 Å². The van der Waals surface area contributed by atoms with Crippen LogP contribution >= 0.6 is 22.7 Å². The summed E-state index contributed by atoms with van der Waals surface area (Å²) in [6.07, 6.45) is 0. The summed E-state index contributed by atoms with van der Waals surface area (Å²) in [6.45, 7) is 0. The zero-order valence-corrected chi connectivity index (χ0v) is 35.9. The van der Waals surface area contributed by atoms with Crippen LogP contribution in [0.15, 0.2) is 237 Å². The summed E-state index contributed by atoms with van der Waals surface area (Å²) < 4.78 is 5.26. The van der Waals surface area contributed by atoms with Crippen molar-refractivity contribution in [2.24, 2.45) is 0 Å². The molecule has 0 spiro atoms. The Morgan fingerprint density at radius 3 is 1.37 bits per heavy atom. The molecule has 2 heterocycles. The smallest absolute Gasteiger partial charge is 0.0546 e. The Bertz CT molecular complexity index is 3620. The maximum Gasteiger partial charge on any atom is 0.0546 e. The number of hydrogen-bond donors (Lipinski definition) is 0. The molecular weight excluding hydrogens is 799 g/mol. The summed E-state index contributed by atoms with van der Waals surface area (Å²) >= 11 is 3.76. The van der Waals surface area contributed by atoms with Gasteiger partial charge in [-0.1, -0.05) is 194 Å². The Labute approximate surface area is 375 Å². The van der Waals surface area contributed by atoms with Gasteiger partial charge in [0.25, 0.3) is 0 Å². The number of fused-ring (bicyclic) bond motifs is 6. The molecule has 0 bridgehead atoms. The topological polar surface area (TPSA) is 3.24 Å². The summed E-state index contributed by atoms with van der Waals surface area (Å²) in [5.41, 5.74) is 15.3. The number of thiophene rings is 2. The minimum absolute atomic E-state index is 1.09. The van der Waals surface area contributed by atoms with Crippen LogP contribution in [0, 0.1) is 0 Å². The van der Waals surface area contributed by atoms with E-state index in [-0.39, 0.29) is 0 Å². The Hall–Kier alpha value is -7.56. The van der Waals surface area contributed by atoms with Gasteiger partial charge in [-0.25, -0.2) is 0 Å². The highest BCUT2D eigenvalue weighted by Crippen LogP contribution is 2.49. The first-order valence-electron chi connectivity index (χ1n) is 21.4. The lowest BCUT2D eigenvalue weighted by Gasteiger charge is -2.30. The minimum atomic E-state index is 1.09. The van der Waals surface area contributed by atoms with Gasteiger partial charge in [-0.15, -0.1) is 22.7 Å². The average Bonchev–Trinajstić information content (AvgIpc) is 3.94. The maximum atomic E-state index is 2.47. The number of hydrogen-bond acceptors (Lipinski definition) is 3. The molecule has 3 heteroatoms. The van der Waals surface area contributed by atoms with Gasteiger partial charge in [0.15, 0.2) is 0 Å². The van der Waals surface area contributed by atoms with Crippen molar-refractivity contribution in [3.05, 3.63) is 237 Å². The molecule has 0 unspecified atom stereocenters. The predicted molar refractivity (Wildman–Crippen MR) is 274 cm³/mol. The van der Waals surface area contributed by atoms with Crippen LogP contribution in [0.3, 0.4) is 0 Å². The zero-order valence-electron chi connectivity index (χ0n) is 34.3. The molecular formula is C60H39NS2. The second kappa shape index (κ2) is 15.7. The van der Waals surface area contributed by atoms with Gasteiger partial charge >= 0.3 is 0 Å². The van der Waals surface area contributed by atoms with Crippen LogP contribution in [0.5, 0.6) is 0 Å². The van der Waals surface area contributed by atoms with E-state index in [0.717, 1.165) is 17.1 Å². The summed E-state index contributed by atoms with van der Waals surface area (Å²) in [6, 6.07) is 86.7. The molecule has 0 N–H and O–H groups in total. The fraction of sp³-hybridized carbons (Fsp3) is 0. The first kappa shape index (κ1) is 37.2. The largest absolute Gasteiger partial charge is 0.310 e. The normalized spacial score (nSPS) is 11.5. The lowest BCUT2D eigenvalue weighted by Crippen LogP contribution is -2.12. The molecule has 63 heavy (non-hydrogen) atoms. The van der Waals surface area contributed by atoms with Crippen LogP contribution in [0.4, 0.5) is 17.1 Å². The van der Waals surface area contributed by atoms with E-state index in [1.165, 1.54) is 96.0 Å². The zero-order chi connectivity index (χ0) is 41.7. The fourth-order valence-electron chi connectivity index (χ4n) is 9.42. The molecule has 0 atom stereocenters. The quantitative estimate of drug-likeness (QED) is 0.147. The molecule has 0 aliphatic carbocycles. The third-order valence-corrected chi connectivity index (χ3v) is 14.7. The van der Waals surface area contributed by atoms with E-state index < -0.39 is 0 Å². The van der Waals surface area contributed by atoms with Crippen LogP contribution in [-0.2, 0) is 0 Å². The molecule has 1 nitrogen and oxygen atoms in total. The molecule has 0 fully saturated rings. The first-order valence-corrected chi connectivity index (χ1v) is 23.0. The molecule has 0 aliphatic rings. The van der Waals surface area contributed by atoms with E-state index in [1.54, 1.807) is 0 Å². The van der Waals surface area contributed by atoms with E-state index in [1.807, 2.05) is 22.7 Å². The Balaban J connectivity index is 1.09. The van der Waals surface area contributed by atoms with E-state index in [9.17, 15) is 0 Å². The summed E-state index contributed by atoms with van der Waals surface area (Å²) in [4.78, 5) is 2.47. The van der Waals surface area contributed by atoms with Gasteiger partial charge in [0, 0.05) is 57.3 Å². The van der Waals surface area contributed by atoms with Gasteiger partial charge in [0.1, 0.15) is 0 Å². The maximum absolute atomic E-state index is 2.47. The lowest BCUT2D eigenvalue weighted by atomic mass is 9.87. The van der Waals surface area contributed by atoms with Crippen LogP contribution in [0.2, 0.25) is 0 Å². The van der Waals surface area contributed by atoms with Gasteiger partial charge in [-0.2, -0.15) is 0 Å². The average molecular weight is 838 g/mol. The molecule has 0 radical (unpaired) electrons. The van der Waals surface area contributed by atoms with Gasteiger partial charge in [0.05, 0.1) is 5.69 Å². The van der Waals surface area contributed by atoms with Gasteiger partial charge < -0.3 is 4.90 Å². The highest BCUT2D eigenvalue weighted by Gasteiger charge is 2.24. The monoisotopic (exact) mass is 837 g/mol. The van der Waals surface area contributed by atoms with Crippen molar-refractivity contribution in [2.75, 3.05) is 4.90 Å². The van der Waals surface area contributed by atoms with Crippen molar-refractivity contribution in [1.82, 2.24) is 0 Å². The number of benzene rings is 10. The van der Waals surface area contributed by atoms with E-state index in [4.69, 9.17) is 0 Å². The van der Waals surface area contributed by atoms with Gasteiger partial charge in [-0.3, -0.25) is 0 Å². The van der Waals surface area contributed by atoms with Crippen molar-refractivity contribution >= 4 is 80.1 Å². The molecule has 296 valence electrons. The minimum Gasteiger partial charge on any atom is -0.310 e. The molecule has 0 saturated heterocycles. The number of rotatable bonds is 8. The van der Waals surface area contributed by atoms with Crippen molar-refractivity contribution in [2.45, 2.75) is 0 Å². The first-order chi connectivity index (χ1) is 31.3. The summed E-state index contributed by atoms with van der Waals surface area (Å²) in [5, 5.41) is 5.23. The SMILES string of the molecule is c1ccc(-c2ccccc2-c2c(-c3ccccc3)cccc2N(c2ccc(-c3cccc4c3sc3ccccc34)cc2)c2cccc(-c3cccc4c3sc3ccccc34)c2)cc1. The van der Waals surface area contributed by atoms with Gasteiger partial charge in [-0.05, 0) is 92.5 Å². The third kappa shape index (κ3) is 6.53. The Morgan fingerprint density at radius 1 is 0.270 bits per heavy atom. The van der Waals surface area contributed by atoms with E-state index >= 15 is 0 Å². The van der Waals surface area contributed by atoms with E-state index in [0.29, 0.717) is 0 Å². The molecule has 10 aromatic carbocycles. The molecule has 0 saturated carbocycles. The second-order valence-corrected chi connectivity index (χ2v) is 18.1. The highest BCUT2D eigenvalue weighted by molar-refractivity contribution is 7.26. The molecule has 2 aromatic heterocycles. The highest BCUT2D eigenvalue weighted by atomic mass is 32.1. The molecule has 12 aromatic rings. The van der Waals surface area contributed by atoms with Gasteiger partial charge in [0.2, 0.25) is 0 Å². The predicted octanol–water partition coefficient (Wildman–Crippen LogP) is 18.2. The Kier molecular flexibility index (Phi) is 9.29. The van der Waals surface area contributed by atoms with Crippen LogP contribution < -0.4 is 4.90 Å². The molecule has 12 rings (SSSR count).